The second kappa shape index (κ2) is 5.60. The van der Waals surface area contributed by atoms with Crippen molar-refractivity contribution in [2.75, 3.05) is 0 Å². The second-order valence-corrected chi connectivity index (χ2v) is 4.52. The van der Waals surface area contributed by atoms with Crippen molar-refractivity contribution in [3.8, 4) is 0 Å². The van der Waals surface area contributed by atoms with Crippen LogP contribution in [-0.4, -0.2) is 21.6 Å². The van der Waals surface area contributed by atoms with Crippen LogP contribution in [0.25, 0.3) is 0 Å². The van der Waals surface area contributed by atoms with Crippen LogP contribution in [-0.2, 0) is 11.3 Å². The van der Waals surface area contributed by atoms with Gasteiger partial charge in [-0.05, 0) is 32.9 Å². The number of hydrogen-bond acceptors (Lipinski definition) is 4. The molecule has 20 heavy (non-hydrogen) atoms. The Labute approximate surface area is 115 Å². The number of carbonyl (C=O) groups excluding carboxylic acids is 2. The zero-order chi connectivity index (χ0) is 14.7. The maximum Gasteiger partial charge on any atom is 0.305 e. The lowest BCUT2D eigenvalue weighted by Crippen LogP contribution is -2.43. The minimum absolute atomic E-state index is 0.0388. The molecule has 0 aliphatic carbocycles. The number of carbonyl (C=O) groups is 2. The summed E-state index contributed by atoms with van der Waals surface area (Å²) < 4.78 is 6.58. The molecule has 0 saturated heterocycles. The van der Waals surface area contributed by atoms with Crippen molar-refractivity contribution in [2.45, 2.75) is 27.3 Å². The minimum atomic E-state index is -0.491. The topological polar surface area (TPSA) is 89.2 Å². The zero-order valence-corrected chi connectivity index (χ0v) is 11.6. The molecule has 2 rings (SSSR count). The number of amides is 2. The number of rotatable bonds is 3. The molecule has 0 bridgehead atoms. The SMILES string of the molecule is Cc1cc(C)n(CC(=O)NNC(=O)c2occc2C)n1. The molecule has 0 spiro atoms. The summed E-state index contributed by atoms with van der Waals surface area (Å²) in [6, 6.07) is 3.55. The predicted molar refractivity (Wildman–Crippen MR) is 70.8 cm³/mol. The summed E-state index contributed by atoms with van der Waals surface area (Å²) >= 11 is 0. The molecule has 0 aromatic carbocycles. The van der Waals surface area contributed by atoms with Gasteiger partial charge < -0.3 is 4.42 Å². The van der Waals surface area contributed by atoms with Gasteiger partial charge in [-0.25, -0.2) is 0 Å². The molecular formula is C13H16N4O3. The summed E-state index contributed by atoms with van der Waals surface area (Å²) in [5.41, 5.74) is 7.05. The van der Waals surface area contributed by atoms with Gasteiger partial charge in [0.25, 0.3) is 5.91 Å². The average molecular weight is 276 g/mol. The van der Waals surface area contributed by atoms with Gasteiger partial charge in [0.05, 0.1) is 12.0 Å². The van der Waals surface area contributed by atoms with Gasteiger partial charge in [-0.15, -0.1) is 0 Å². The van der Waals surface area contributed by atoms with Crippen LogP contribution in [0.4, 0.5) is 0 Å². The smallest absolute Gasteiger partial charge is 0.305 e. The lowest BCUT2D eigenvalue weighted by atomic mass is 10.3. The monoisotopic (exact) mass is 276 g/mol. The Morgan fingerprint density at radius 1 is 1.30 bits per heavy atom. The lowest BCUT2D eigenvalue weighted by molar-refractivity contribution is -0.122. The molecule has 0 fully saturated rings. The molecule has 2 aromatic heterocycles. The summed E-state index contributed by atoms with van der Waals surface area (Å²) in [6.45, 7) is 5.49. The molecule has 7 nitrogen and oxygen atoms in total. The fraction of sp³-hybridized carbons (Fsp3) is 0.308. The van der Waals surface area contributed by atoms with E-state index in [1.165, 1.54) is 6.26 Å². The van der Waals surface area contributed by atoms with Gasteiger partial charge in [-0.3, -0.25) is 25.1 Å². The number of aromatic nitrogens is 2. The largest absolute Gasteiger partial charge is 0.459 e. The molecule has 0 unspecified atom stereocenters. The number of hydrogen-bond donors (Lipinski definition) is 2. The number of nitrogens with one attached hydrogen (secondary N) is 2. The maximum absolute atomic E-state index is 11.7. The highest BCUT2D eigenvalue weighted by atomic mass is 16.3. The minimum Gasteiger partial charge on any atom is -0.459 e. The summed E-state index contributed by atoms with van der Waals surface area (Å²) in [5.74, 6) is -0.681. The number of furan rings is 1. The Kier molecular flexibility index (Phi) is 3.88. The van der Waals surface area contributed by atoms with Gasteiger partial charge in [-0.1, -0.05) is 0 Å². The van der Waals surface area contributed by atoms with Crippen molar-refractivity contribution >= 4 is 11.8 Å². The Bertz CT molecular complexity index is 642. The quantitative estimate of drug-likeness (QED) is 0.814. The summed E-state index contributed by atoms with van der Waals surface area (Å²) in [7, 11) is 0. The highest BCUT2D eigenvalue weighted by molar-refractivity contribution is 5.94. The van der Waals surface area contributed by atoms with E-state index in [1.54, 1.807) is 17.7 Å². The van der Waals surface area contributed by atoms with Crippen molar-refractivity contribution in [1.82, 2.24) is 20.6 Å². The third-order valence-corrected chi connectivity index (χ3v) is 2.78. The van der Waals surface area contributed by atoms with E-state index in [1.807, 2.05) is 19.9 Å². The van der Waals surface area contributed by atoms with E-state index < -0.39 is 5.91 Å². The van der Waals surface area contributed by atoms with Crippen molar-refractivity contribution in [3.05, 3.63) is 41.1 Å². The first-order valence-electron chi connectivity index (χ1n) is 6.11. The maximum atomic E-state index is 11.7. The third kappa shape index (κ3) is 3.05. The van der Waals surface area contributed by atoms with E-state index >= 15 is 0 Å². The van der Waals surface area contributed by atoms with Crippen LogP contribution >= 0.6 is 0 Å². The van der Waals surface area contributed by atoms with Gasteiger partial charge in [0.15, 0.2) is 5.76 Å². The fourth-order valence-electron chi connectivity index (χ4n) is 1.80. The van der Waals surface area contributed by atoms with Crippen molar-refractivity contribution in [1.29, 1.82) is 0 Å². The van der Waals surface area contributed by atoms with E-state index in [2.05, 4.69) is 16.0 Å². The molecule has 0 radical (unpaired) electrons. The van der Waals surface area contributed by atoms with Gasteiger partial charge in [0, 0.05) is 11.3 Å². The van der Waals surface area contributed by atoms with Crippen molar-refractivity contribution in [3.63, 3.8) is 0 Å². The van der Waals surface area contributed by atoms with E-state index in [0.717, 1.165) is 11.4 Å². The van der Waals surface area contributed by atoms with E-state index in [9.17, 15) is 9.59 Å². The average Bonchev–Trinajstić information content (AvgIpc) is 2.93. The Morgan fingerprint density at radius 3 is 2.60 bits per heavy atom. The molecule has 0 atom stereocenters. The van der Waals surface area contributed by atoms with Gasteiger partial charge in [0.1, 0.15) is 6.54 Å². The molecule has 2 heterocycles. The predicted octanol–water partition coefficient (Wildman–Crippen LogP) is 0.863. The summed E-state index contributed by atoms with van der Waals surface area (Å²) in [4.78, 5) is 23.4. The van der Waals surface area contributed by atoms with Gasteiger partial charge >= 0.3 is 5.91 Å². The van der Waals surface area contributed by atoms with E-state index in [0.29, 0.717) is 5.56 Å². The standard InChI is InChI=1S/C13H16N4O3/c1-8-4-5-20-12(8)13(19)15-14-11(18)7-17-10(3)6-9(2)16-17/h4-6H,7H2,1-3H3,(H,14,18)(H,15,19). The second-order valence-electron chi connectivity index (χ2n) is 4.52. The van der Waals surface area contributed by atoms with Crippen LogP contribution in [0.15, 0.2) is 22.8 Å². The highest BCUT2D eigenvalue weighted by Crippen LogP contribution is 2.07. The van der Waals surface area contributed by atoms with E-state index in [-0.39, 0.29) is 18.2 Å². The van der Waals surface area contributed by atoms with Crippen LogP contribution in [0.5, 0.6) is 0 Å². The molecular weight excluding hydrogens is 260 g/mol. The molecule has 0 aliphatic rings. The number of hydrazine groups is 1. The molecule has 7 heteroatoms. The highest BCUT2D eigenvalue weighted by Gasteiger charge is 2.13. The van der Waals surface area contributed by atoms with Gasteiger partial charge in [0.2, 0.25) is 0 Å². The van der Waals surface area contributed by atoms with Crippen molar-refractivity contribution in [2.24, 2.45) is 0 Å². The Hall–Kier alpha value is -2.57. The van der Waals surface area contributed by atoms with Crippen LogP contribution in [0.1, 0.15) is 27.5 Å². The van der Waals surface area contributed by atoms with E-state index in [4.69, 9.17) is 4.42 Å². The molecule has 2 amide bonds. The number of aryl methyl sites for hydroxylation is 3. The molecule has 0 saturated carbocycles. The molecule has 106 valence electrons. The number of nitrogens with zero attached hydrogens (tertiary/aromatic N) is 2. The first-order chi connectivity index (χ1) is 9.47. The molecule has 2 N–H and O–H groups in total. The van der Waals surface area contributed by atoms with Crippen LogP contribution < -0.4 is 10.9 Å². The van der Waals surface area contributed by atoms with Gasteiger partial charge in [-0.2, -0.15) is 5.10 Å². The molecule has 2 aromatic rings. The van der Waals surface area contributed by atoms with Crippen LogP contribution in [0.3, 0.4) is 0 Å². The Morgan fingerprint density at radius 2 is 2.05 bits per heavy atom. The summed E-state index contributed by atoms with van der Waals surface area (Å²) in [5, 5.41) is 4.17. The lowest BCUT2D eigenvalue weighted by Gasteiger charge is -2.07. The zero-order valence-electron chi connectivity index (χ0n) is 11.6. The van der Waals surface area contributed by atoms with Crippen molar-refractivity contribution < 1.29 is 14.0 Å². The fourth-order valence-corrected chi connectivity index (χ4v) is 1.80. The molecule has 0 aliphatic heterocycles. The Balaban J connectivity index is 1.88. The first-order valence-corrected chi connectivity index (χ1v) is 6.11. The normalized spacial score (nSPS) is 10.3. The van der Waals surface area contributed by atoms with Crippen LogP contribution in [0, 0.1) is 20.8 Å². The summed E-state index contributed by atoms with van der Waals surface area (Å²) in [6.07, 6.45) is 1.42. The first kappa shape index (κ1) is 13.9. The third-order valence-electron chi connectivity index (χ3n) is 2.78. The van der Waals surface area contributed by atoms with Crippen LogP contribution in [0.2, 0.25) is 0 Å².